The first-order valence-corrected chi connectivity index (χ1v) is 4.69. The number of halogens is 1. The number of aryl methyl sites for hydroxylation is 1. The molecule has 0 unspecified atom stereocenters. The van der Waals surface area contributed by atoms with Crippen LogP contribution in [0.1, 0.15) is 5.56 Å². The molecule has 0 aliphatic heterocycles. The molecule has 2 rings (SSSR count). The summed E-state index contributed by atoms with van der Waals surface area (Å²) in [6, 6.07) is 3.12. The monoisotopic (exact) mass is 216 g/mol. The number of aromatic nitrogens is 2. The summed E-state index contributed by atoms with van der Waals surface area (Å²) in [7, 11) is 0. The molecule has 0 aliphatic rings. The van der Waals surface area contributed by atoms with E-state index in [1.165, 1.54) is 6.07 Å². The zero-order valence-corrected chi connectivity index (χ0v) is 7.55. The van der Waals surface area contributed by atoms with Gasteiger partial charge in [0.15, 0.2) is 0 Å². The van der Waals surface area contributed by atoms with Crippen molar-refractivity contribution in [1.29, 1.82) is 0 Å². The van der Waals surface area contributed by atoms with Crippen LogP contribution in [0.25, 0.3) is 11.0 Å². The molecule has 0 saturated heterocycles. The molecule has 0 atom stereocenters. The summed E-state index contributed by atoms with van der Waals surface area (Å²) in [6.07, 6.45) is 0. The second-order valence-corrected chi connectivity index (χ2v) is 3.41. The van der Waals surface area contributed by atoms with Crippen molar-refractivity contribution in [3.05, 3.63) is 23.5 Å². The summed E-state index contributed by atoms with van der Waals surface area (Å²) >= 11 is -0.0547. The van der Waals surface area contributed by atoms with Crippen molar-refractivity contribution in [3.8, 4) is 0 Å². The van der Waals surface area contributed by atoms with Crippen LogP contribution >= 0.6 is 0 Å². The molecule has 0 bridgehead atoms. The third-order valence-corrected chi connectivity index (χ3v) is 2.75. The number of rotatable bonds is 0. The summed E-state index contributed by atoms with van der Waals surface area (Å²) in [4.78, 5) is 0. The number of fused-ring (bicyclic) bond motifs is 1. The van der Waals surface area contributed by atoms with Crippen LogP contribution in [0.4, 0.5) is 4.39 Å². The van der Waals surface area contributed by atoms with E-state index in [0.29, 0.717) is 5.56 Å². The van der Waals surface area contributed by atoms with Gasteiger partial charge in [0.1, 0.15) is 0 Å². The number of hydrogen-bond acceptors (Lipinski definition) is 2. The van der Waals surface area contributed by atoms with Crippen LogP contribution in [0, 0.1) is 12.7 Å². The van der Waals surface area contributed by atoms with E-state index in [9.17, 15) is 4.39 Å². The van der Waals surface area contributed by atoms with Gasteiger partial charge in [0, 0.05) is 0 Å². The van der Waals surface area contributed by atoms with Gasteiger partial charge >= 0.3 is 68.8 Å². The third-order valence-electron chi connectivity index (χ3n) is 1.61. The molecule has 1 aromatic heterocycles. The summed E-state index contributed by atoms with van der Waals surface area (Å²) in [5.41, 5.74) is 2.19. The van der Waals surface area contributed by atoms with E-state index in [0.717, 1.165) is 11.0 Å². The van der Waals surface area contributed by atoms with Crippen LogP contribution in [0.15, 0.2) is 12.1 Å². The first-order valence-electron chi connectivity index (χ1n) is 3.16. The van der Waals surface area contributed by atoms with E-state index < -0.39 is 0 Å². The summed E-state index contributed by atoms with van der Waals surface area (Å²) < 4.78 is 21.1. The molecule has 11 heavy (non-hydrogen) atoms. The first-order chi connectivity index (χ1) is 5.29. The van der Waals surface area contributed by atoms with E-state index in [4.69, 9.17) is 0 Å². The van der Waals surface area contributed by atoms with Crippen molar-refractivity contribution in [3.63, 3.8) is 0 Å². The van der Waals surface area contributed by atoms with Gasteiger partial charge in [-0.05, 0) is 0 Å². The van der Waals surface area contributed by atoms with E-state index in [2.05, 4.69) is 7.96 Å². The van der Waals surface area contributed by atoms with Crippen molar-refractivity contribution in [2.75, 3.05) is 0 Å². The Morgan fingerprint density at radius 1 is 1.36 bits per heavy atom. The molecule has 4 heteroatoms. The molecule has 2 nitrogen and oxygen atoms in total. The van der Waals surface area contributed by atoms with Gasteiger partial charge in [-0.2, -0.15) is 0 Å². The fourth-order valence-corrected chi connectivity index (χ4v) is 2.19. The molecular weight excluding hydrogens is 210 g/mol. The molecule has 0 aliphatic carbocycles. The molecular formula is C7H5FN2Se. The summed E-state index contributed by atoms with van der Waals surface area (Å²) in [6.45, 7) is 1.73. The second kappa shape index (κ2) is 2.39. The quantitative estimate of drug-likeness (QED) is 0.615. The Kier molecular flexibility index (Phi) is 1.51. The Balaban J connectivity index is 2.93. The fraction of sp³-hybridized carbons (Fsp3) is 0.143. The topological polar surface area (TPSA) is 25.8 Å². The SMILES string of the molecule is Cc1c(F)ccc2n[se]nc12. The van der Waals surface area contributed by atoms with Gasteiger partial charge in [-0.1, -0.05) is 0 Å². The second-order valence-electron chi connectivity index (χ2n) is 2.30. The zero-order chi connectivity index (χ0) is 7.84. The standard InChI is InChI=1S/C7H5FN2Se/c1-4-5(8)2-3-6-7(4)10-11-9-6/h2-3H,1H3. The van der Waals surface area contributed by atoms with Crippen LogP contribution in [0.3, 0.4) is 0 Å². The Bertz CT molecular complexity index is 396. The number of nitrogens with zero attached hydrogens (tertiary/aromatic N) is 2. The van der Waals surface area contributed by atoms with Crippen molar-refractivity contribution >= 4 is 26.0 Å². The number of hydrogen-bond donors (Lipinski definition) is 0. The van der Waals surface area contributed by atoms with Crippen molar-refractivity contribution < 1.29 is 4.39 Å². The normalized spacial score (nSPS) is 10.7. The Hall–Kier alpha value is -0.731. The molecule has 0 spiro atoms. The van der Waals surface area contributed by atoms with E-state index in [1.807, 2.05) is 0 Å². The van der Waals surface area contributed by atoms with Gasteiger partial charge in [0.2, 0.25) is 0 Å². The minimum atomic E-state index is -0.194. The average molecular weight is 215 g/mol. The maximum atomic E-state index is 12.9. The van der Waals surface area contributed by atoms with Crippen molar-refractivity contribution in [1.82, 2.24) is 7.96 Å². The maximum absolute atomic E-state index is 12.9. The van der Waals surface area contributed by atoms with E-state index in [-0.39, 0.29) is 20.8 Å². The van der Waals surface area contributed by atoms with Crippen molar-refractivity contribution in [2.45, 2.75) is 6.92 Å². The number of benzene rings is 1. The van der Waals surface area contributed by atoms with E-state index >= 15 is 0 Å². The Morgan fingerprint density at radius 3 is 3.00 bits per heavy atom. The third kappa shape index (κ3) is 0.988. The molecule has 1 aromatic carbocycles. The van der Waals surface area contributed by atoms with Gasteiger partial charge in [-0.15, -0.1) is 0 Å². The van der Waals surface area contributed by atoms with Crippen LogP contribution in [-0.4, -0.2) is 22.9 Å². The summed E-state index contributed by atoms with van der Waals surface area (Å²) in [5.74, 6) is -0.194. The molecule has 1 heterocycles. The van der Waals surface area contributed by atoms with Gasteiger partial charge in [-0.25, -0.2) is 0 Å². The predicted molar refractivity (Wildman–Crippen MR) is 41.2 cm³/mol. The Labute approximate surface area is 69.3 Å². The van der Waals surface area contributed by atoms with Crippen LogP contribution in [0.2, 0.25) is 0 Å². The fourth-order valence-electron chi connectivity index (χ4n) is 0.955. The van der Waals surface area contributed by atoms with Gasteiger partial charge in [-0.3, -0.25) is 0 Å². The Morgan fingerprint density at radius 2 is 2.18 bits per heavy atom. The van der Waals surface area contributed by atoms with Crippen LogP contribution < -0.4 is 0 Å². The molecule has 0 N–H and O–H groups in total. The predicted octanol–water partition coefficient (Wildman–Crippen LogP) is 1.13. The minimum absolute atomic E-state index is 0.0547. The van der Waals surface area contributed by atoms with Crippen LogP contribution in [0.5, 0.6) is 0 Å². The molecule has 0 saturated carbocycles. The average Bonchev–Trinajstić information content (AvgIpc) is 2.45. The zero-order valence-electron chi connectivity index (χ0n) is 5.84. The van der Waals surface area contributed by atoms with E-state index in [1.54, 1.807) is 13.0 Å². The molecule has 2 aromatic rings. The van der Waals surface area contributed by atoms with Gasteiger partial charge < -0.3 is 0 Å². The van der Waals surface area contributed by atoms with Gasteiger partial charge in [0.05, 0.1) is 0 Å². The van der Waals surface area contributed by atoms with Crippen molar-refractivity contribution in [2.24, 2.45) is 0 Å². The molecule has 0 radical (unpaired) electrons. The van der Waals surface area contributed by atoms with Gasteiger partial charge in [0.25, 0.3) is 0 Å². The summed E-state index contributed by atoms with van der Waals surface area (Å²) in [5, 5.41) is 0. The molecule has 56 valence electrons. The molecule has 0 amide bonds. The molecule has 0 fully saturated rings. The first kappa shape index (κ1) is 6.95. The van der Waals surface area contributed by atoms with Crippen LogP contribution in [-0.2, 0) is 0 Å².